The van der Waals surface area contributed by atoms with Gasteiger partial charge in [0.2, 0.25) is 0 Å². The van der Waals surface area contributed by atoms with Crippen LogP contribution in [0.5, 0.6) is 0 Å². The molecule has 15 aromatic rings. The molecule has 0 spiro atoms. The number of fused-ring (bicyclic) bond motifs is 17. The van der Waals surface area contributed by atoms with E-state index in [1.165, 1.54) is 64.6 Å². The lowest BCUT2D eigenvalue weighted by Gasteiger charge is -2.30. The number of piperidine rings is 2. The van der Waals surface area contributed by atoms with Crippen LogP contribution in [-0.4, -0.2) is 227 Å². The quantitative estimate of drug-likeness (QED) is 0.0215. The number of nitrogens with zero attached hydrogens (tertiary/aromatic N) is 9. The molecule has 23 heteroatoms. The predicted molar refractivity (Wildman–Crippen MR) is 564 cm³/mol. The summed E-state index contributed by atoms with van der Waals surface area (Å²) in [6.07, 6.45) is 16.4. The standard InChI is InChI=1S/C25H28N2O2.C25H30N2O2.C24H28N2O3.C22H26N2O3.C21H24N2O3/c1-16(28)19-5-8-24-22(13-19)23-14-20(17(2)29)6-9-25(23)27(24)11-3-10-26-15-18-4-7-21(26)12-18;1-18(28)20-8-10-24-22(16-20)23-17-21(19(2)29)9-11-25(23)27(24)15-7-14-26-12-5-3-4-6-13-26;1-16(27)18-6-8-23-21(13-18)22-14-19(17(2)28)7-9-24(22)26(23)12-4-11-25-10-3-5-20(29)15-25;1-15(26)17-5-7-21-19(13-17)20-14-18(16(2)27)6-8-22(20)24(21)10-4-9-23(3)11-12-25;1-14(25)16-4-6-20-18(12-16)19-13-17(15(2)26)5-7-21(19)23(20)10-3-8-22-9-11-24/h5-6,8-9,13-14,18,21H,3-4,7,10-12,15H2,1-2H3;8-11,16-17H,3-7,12-15H2,1-2H3;6-9,13-14,20,29H,3-5,10-12,15H2,1-2H3;5-8,13-14,25H,4,9-12H2,1-3H3;4-7,12-13,22,24H,3,8-11H2,1-2H3. The number of ketones is 10. The topological polar surface area (TPSA) is 281 Å². The molecule has 3 saturated heterocycles. The maximum atomic E-state index is 11.9. The number of hydrogen-bond donors (Lipinski definition) is 4. The molecule has 4 fully saturated rings. The van der Waals surface area contributed by atoms with E-state index in [4.69, 9.17) is 10.2 Å². The van der Waals surface area contributed by atoms with Gasteiger partial charge >= 0.3 is 0 Å². The number of nitrogens with one attached hydrogen (secondary N) is 1. The van der Waals surface area contributed by atoms with E-state index in [1.54, 1.807) is 69.2 Å². The Morgan fingerprint density at radius 2 is 0.564 bits per heavy atom. The number of aromatic nitrogens is 5. The van der Waals surface area contributed by atoms with Gasteiger partial charge in [0.05, 0.1) is 19.3 Å². The third-order valence-electron chi connectivity index (χ3n) is 29.1. The second-order valence-electron chi connectivity index (χ2n) is 39.1. The van der Waals surface area contributed by atoms with Gasteiger partial charge in [0.1, 0.15) is 0 Å². The molecule has 0 radical (unpaired) electrons. The third kappa shape index (κ3) is 23.6. The normalized spacial score (nSPS) is 15.7. The zero-order chi connectivity index (χ0) is 99.3. The molecule has 3 unspecified atom stereocenters. The summed E-state index contributed by atoms with van der Waals surface area (Å²) >= 11 is 0. The molecule has 5 aromatic heterocycles. The van der Waals surface area contributed by atoms with Crippen molar-refractivity contribution in [2.45, 2.75) is 204 Å². The summed E-state index contributed by atoms with van der Waals surface area (Å²) in [5.74, 6) is 1.42. The van der Waals surface area contributed by atoms with Crippen LogP contribution in [0.1, 0.15) is 263 Å². The molecule has 10 aromatic carbocycles. The van der Waals surface area contributed by atoms with Gasteiger partial charge < -0.3 is 63.1 Å². The van der Waals surface area contributed by atoms with E-state index in [9.17, 15) is 53.1 Å². The molecule has 4 aliphatic rings. The van der Waals surface area contributed by atoms with Crippen molar-refractivity contribution in [3.8, 4) is 0 Å². The number of aryl methyl sites for hydroxylation is 5. The van der Waals surface area contributed by atoms with Crippen molar-refractivity contribution >= 4 is 167 Å². The molecule has 140 heavy (non-hydrogen) atoms. The Hall–Kier alpha value is -12.4. The van der Waals surface area contributed by atoms with Gasteiger partial charge in [-0.25, -0.2) is 0 Å². The van der Waals surface area contributed by atoms with Gasteiger partial charge in [0.15, 0.2) is 57.8 Å². The van der Waals surface area contributed by atoms with Gasteiger partial charge in [-0.1, -0.05) is 12.8 Å². The molecule has 3 aliphatic heterocycles. The van der Waals surface area contributed by atoms with Crippen LogP contribution in [0, 0.1) is 5.92 Å². The highest BCUT2D eigenvalue weighted by Crippen LogP contribution is 2.41. The number of rotatable bonds is 34. The van der Waals surface area contributed by atoms with E-state index in [2.05, 4.69) is 72.0 Å². The van der Waals surface area contributed by atoms with Crippen molar-refractivity contribution in [2.75, 3.05) is 98.8 Å². The maximum absolute atomic E-state index is 11.9. The first kappa shape index (κ1) is 102. The Bertz CT molecular complexity index is 6700. The number of benzene rings is 10. The second-order valence-corrected chi connectivity index (χ2v) is 39.1. The van der Waals surface area contributed by atoms with Crippen molar-refractivity contribution in [2.24, 2.45) is 5.92 Å². The van der Waals surface area contributed by atoms with Crippen LogP contribution in [0.15, 0.2) is 182 Å². The molecular weight excluding hydrogens is 1750 g/mol. The summed E-state index contributed by atoms with van der Waals surface area (Å²) in [4.78, 5) is 128. The Balaban J connectivity index is 0.000000132. The molecule has 2 bridgehead atoms. The van der Waals surface area contributed by atoms with Crippen LogP contribution < -0.4 is 5.32 Å². The van der Waals surface area contributed by atoms with Crippen molar-refractivity contribution in [3.05, 3.63) is 238 Å². The van der Waals surface area contributed by atoms with E-state index in [0.29, 0.717) is 57.6 Å². The SMILES string of the molecule is CC(=O)c1ccc2c(c1)c1cc(C(C)=O)ccc1n2CCCN(C)CCO.CC(=O)c1ccc2c(c1)c1cc(C(C)=O)ccc1n2CCCN1CC2CCC1C2.CC(=O)c1ccc2c(c1)c1cc(C(C)=O)ccc1n2CCCN1CCCC(O)C1.CC(=O)c1ccc2c(c1)c1cc(C(C)=O)ccc1n2CCCN1CCCCCC1.CC(=O)c1ccc2c(c1)c1cc(C(C)=O)ccc1n2CCCNCCO. The molecule has 23 nitrogen and oxygen atoms in total. The summed E-state index contributed by atoms with van der Waals surface area (Å²) in [7, 11) is 2.00. The summed E-state index contributed by atoms with van der Waals surface area (Å²) in [6.45, 7) is 32.2. The van der Waals surface area contributed by atoms with Crippen molar-refractivity contribution in [1.82, 2.24) is 47.8 Å². The number of likely N-dealkylation sites (N-methyl/N-ethyl adjacent to an activating group) is 1. The second kappa shape index (κ2) is 46.3. The van der Waals surface area contributed by atoms with Crippen LogP contribution in [-0.2, 0) is 32.7 Å². The Morgan fingerprint density at radius 3 is 0.821 bits per heavy atom. The number of Topliss-reactive ketones (excluding diaryl/α,β-unsaturated/α-hetero) is 10. The fourth-order valence-electron chi connectivity index (χ4n) is 21.5. The number of aliphatic hydroxyl groups excluding tert-OH is 3. The first-order chi connectivity index (χ1) is 67.4. The van der Waals surface area contributed by atoms with Crippen molar-refractivity contribution < 1.29 is 63.3 Å². The van der Waals surface area contributed by atoms with Crippen LogP contribution in [0.2, 0.25) is 0 Å². The van der Waals surface area contributed by atoms with Crippen LogP contribution in [0.4, 0.5) is 0 Å². The van der Waals surface area contributed by atoms with Gasteiger partial charge in [0, 0.05) is 236 Å². The van der Waals surface area contributed by atoms with Crippen molar-refractivity contribution in [1.29, 1.82) is 0 Å². The largest absolute Gasteiger partial charge is 0.395 e. The zero-order valence-electron chi connectivity index (χ0n) is 83.3. The number of aliphatic hydroxyl groups is 3. The summed E-state index contributed by atoms with van der Waals surface area (Å²) in [6, 6.07) is 59.5. The average Bonchev–Trinajstić information content (AvgIpc) is 1.62. The Labute approximate surface area is 819 Å². The first-order valence-corrected chi connectivity index (χ1v) is 50.3. The lowest BCUT2D eigenvalue weighted by Crippen LogP contribution is -2.38. The minimum Gasteiger partial charge on any atom is -0.395 e. The third-order valence-corrected chi connectivity index (χ3v) is 29.1. The molecule has 1 saturated carbocycles. The van der Waals surface area contributed by atoms with E-state index in [1.807, 2.05) is 165 Å². The Morgan fingerprint density at radius 1 is 0.293 bits per heavy atom. The van der Waals surface area contributed by atoms with E-state index in [-0.39, 0.29) is 77.2 Å². The summed E-state index contributed by atoms with van der Waals surface area (Å²) < 4.78 is 11.5. The highest BCUT2D eigenvalue weighted by molar-refractivity contribution is 6.18. The van der Waals surface area contributed by atoms with Crippen LogP contribution >= 0.6 is 0 Å². The lowest BCUT2D eigenvalue weighted by atomic mass is 10.0. The summed E-state index contributed by atoms with van der Waals surface area (Å²) in [5.41, 5.74) is 18.0. The molecule has 732 valence electrons. The lowest BCUT2D eigenvalue weighted by molar-refractivity contribution is 0.0696. The minimum absolute atomic E-state index is 0.0312. The van der Waals surface area contributed by atoms with E-state index >= 15 is 0 Å². The highest BCUT2D eigenvalue weighted by atomic mass is 16.3. The molecular formula is C117H136N10O13. The minimum atomic E-state index is -0.202. The fraction of sp³-hybridized carbons (Fsp3) is 0.402. The average molecular weight is 1890 g/mol. The van der Waals surface area contributed by atoms with Gasteiger partial charge in [-0.05, 0) is 387 Å². The van der Waals surface area contributed by atoms with E-state index in [0.717, 1.165) is 256 Å². The smallest absolute Gasteiger partial charge is 0.159 e. The van der Waals surface area contributed by atoms with Gasteiger partial charge in [-0.2, -0.15) is 0 Å². The highest BCUT2D eigenvalue weighted by Gasteiger charge is 2.37. The number of β-amino-alcohol motifs (C(OH)–C–C–N with tert-alkyl or cyclic N) is 1. The predicted octanol–water partition coefficient (Wildman–Crippen LogP) is 21.3. The van der Waals surface area contributed by atoms with Gasteiger partial charge in [-0.3, -0.25) is 47.9 Å². The molecule has 19 rings (SSSR count). The van der Waals surface area contributed by atoms with E-state index < -0.39 is 0 Å². The molecule has 4 N–H and O–H groups in total. The van der Waals surface area contributed by atoms with Crippen molar-refractivity contribution in [3.63, 3.8) is 0 Å². The molecule has 1 aliphatic carbocycles. The zero-order valence-corrected chi connectivity index (χ0v) is 83.3. The first-order valence-electron chi connectivity index (χ1n) is 50.3. The number of carbonyl (C=O) groups excluding carboxylic acids is 10. The maximum Gasteiger partial charge on any atom is 0.159 e. The monoisotopic (exact) mass is 1890 g/mol. The van der Waals surface area contributed by atoms with Gasteiger partial charge in [-0.15, -0.1) is 0 Å². The van der Waals surface area contributed by atoms with Crippen LogP contribution in [0.3, 0.4) is 0 Å². The fourth-order valence-corrected chi connectivity index (χ4v) is 21.5. The van der Waals surface area contributed by atoms with Gasteiger partial charge in [0.25, 0.3) is 0 Å². The molecule has 0 amide bonds. The number of likely N-dealkylation sites (tertiary alicyclic amines) is 3. The summed E-state index contributed by atoms with van der Waals surface area (Å²) in [5, 5.41) is 41.3. The number of carbonyl (C=O) groups is 10. The molecule has 3 atom stereocenters. The van der Waals surface area contributed by atoms with Crippen LogP contribution in [0.25, 0.3) is 109 Å². The number of hydrogen-bond acceptors (Lipinski definition) is 18. The Kier molecular flexibility index (Phi) is 33.7. The molecule has 8 heterocycles.